The van der Waals surface area contributed by atoms with Crippen LogP contribution in [0.15, 0.2) is 42.5 Å². The van der Waals surface area contributed by atoms with Gasteiger partial charge in [0.05, 0.1) is 17.3 Å². The van der Waals surface area contributed by atoms with Crippen molar-refractivity contribution in [1.82, 2.24) is 0 Å². The van der Waals surface area contributed by atoms with Crippen LogP contribution in [0.2, 0.25) is 5.02 Å². The van der Waals surface area contributed by atoms with Gasteiger partial charge in [0.1, 0.15) is 0 Å². The van der Waals surface area contributed by atoms with Crippen molar-refractivity contribution in [2.24, 2.45) is 0 Å². The molecule has 0 fully saturated rings. The zero-order valence-corrected chi connectivity index (χ0v) is 14.0. The van der Waals surface area contributed by atoms with Gasteiger partial charge in [-0.3, -0.25) is 4.79 Å². The van der Waals surface area contributed by atoms with Gasteiger partial charge in [-0.25, -0.2) is 0 Å². The van der Waals surface area contributed by atoms with Crippen LogP contribution in [0.3, 0.4) is 0 Å². The lowest BCUT2D eigenvalue weighted by atomic mass is 10.2. The van der Waals surface area contributed by atoms with Gasteiger partial charge in [-0.1, -0.05) is 36.7 Å². The second-order valence-corrected chi connectivity index (χ2v) is 5.52. The van der Waals surface area contributed by atoms with Crippen molar-refractivity contribution in [3.8, 4) is 11.5 Å². The SMILES string of the molecule is CCCOc1ccccc1OCC(=O)Nc1ccc(C)cc1Cl. The summed E-state index contributed by atoms with van der Waals surface area (Å²) in [5.41, 5.74) is 1.60. The molecule has 0 bridgehead atoms. The van der Waals surface area contributed by atoms with E-state index in [9.17, 15) is 4.79 Å². The van der Waals surface area contributed by atoms with Crippen LogP contribution in [0.1, 0.15) is 18.9 Å². The number of para-hydroxylation sites is 2. The normalized spacial score (nSPS) is 10.2. The van der Waals surface area contributed by atoms with Crippen LogP contribution in [-0.4, -0.2) is 19.1 Å². The van der Waals surface area contributed by atoms with Crippen LogP contribution in [0.4, 0.5) is 5.69 Å². The number of nitrogens with one attached hydrogen (secondary N) is 1. The molecule has 0 heterocycles. The average Bonchev–Trinajstić information content (AvgIpc) is 2.54. The Morgan fingerprint density at radius 3 is 2.48 bits per heavy atom. The third-order valence-corrected chi connectivity index (χ3v) is 3.38. The molecule has 5 heteroatoms. The smallest absolute Gasteiger partial charge is 0.262 e. The molecule has 1 amide bonds. The largest absolute Gasteiger partial charge is 0.490 e. The Labute approximate surface area is 141 Å². The quantitative estimate of drug-likeness (QED) is 0.814. The summed E-state index contributed by atoms with van der Waals surface area (Å²) in [5, 5.41) is 3.24. The number of carbonyl (C=O) groups is 1. The fraction of sp³-hybridized carbons (Fsp3) is 0.278. The van der Waals surface area contributed by atoms with E-state index in [0.717, 1.165) is 12.0 Å². The molecule has 23 heavy (non-hydrogen) atoms. The first-order valence-electron chi connectivity index (χ1n) is 7.50. The van der Waals surface area contributed by atoms with Crippen LogP contribution < -0.4 is 14.8 Å². The summed E-state index contributed by atoms with van der Waals surface area (Å²) in [4.78, 5) is 12.0. The number of aryl methyl sites for hydroxylation is 1. The molecule has 122 valence electrons. The molecule has 0 unspecified atom stereocenters. The Kier molecular flexibility index (Phi) is 6.29. The molecule has 4 nitrogen and oxygen atoms in total. The van der Waals surface area contributed by atoms with E-state index >= 15 is 0 Å². The Hall–Kier alpha value is -2.20. The van der Waals surface area contributed by atoms with E-state index < -0.39 is 0 Å². The van der Waals surface area contributed by atoms with Gasteiger partial charge >= 0.3 is 0 Å². The first-order chi connectivity index (χ1) is 11.1. The highest BCUT2D eigenvalue weighted by molar-refractivity contribution is 6.33. The molecule has 0 saturated carbocycles. The molecule has 0 atom stereocenters. The summed E-state index contributed by atoms with van der Waals surface area (Å²) in [5.74, 6) is 0.905. The summed E-state index contributed by atoms with van der Waals surface area (Å²) in [6.45, 7) is 4.46. The van der Waals surface area contributed by atoms with E-state index in [4.69, 9.17) is 21.1 Å². The number of carbonyl (C=O) groups excluding carboxylic acids is 1. The molecule has 2 aromatic rings. The number of hydrogen-bond acceptors (Lipinski definition) is 3. The Morgan fingerprint density at radius 1 is 1.13 bits per heavy atom. The van der Waals surface area contributed by atoms with Gasteiger partial charge < -0.3 is 14.8 Å². The molecule has 0 aliphatic carbocycles. The van der Waals surface area contributed by atoms with Crippen LogP contribution in [0, 0.1) is 6.92 Å². The molecule has 0 aliphatic rings. The molecule has 0 aliphatic heterocycles. The zero-order chi connectivity index (χ0) is 16.7. The third kappa shape index (κ3) is 5.18. The maximum Gasteiger partial charge on any atom is 0.262 e. The van der Waals surface area contributed by atoms with Crippen LogP contribution >= 0.6 is 11.6 Å². The first kappa shape index (κ1) is 17.2. The average molecular weight is 334 g/mol. The zero-order valence-electron chi connectivity index (χ0n) is 13.3. The van der Waals surface area contributed by atoms with Gasteiger partial charge in [-0.05, 0) is 43.2 Å². The number of halogens is 1. The summed E-state index contributed by atoms with van der Waals surface area (Å²) < 4.78 is 11.1. The topological polar surface area (TPSA) is 47.6 Å². The number of ether oxygens (including phenoxy) is 2. The second kappa shape index (κ2) is 8.44. The van der Waals surface area contributed by atoms with Gasteiger partial charge in [0.15, 0.2) is 18.1 Å². The molecule has 1 N–H and O–H groups in total. The number of anilines is 1. The molecule has 2 rings (SSSR count). The van der Waals surface area contributed by atoms with Crippen molar-refractivity contribution in [2.45, 2.75) is 20.3 Å². The van der Waals surface area contributed by atoms with E-state index in [-0.39, 0.29) is 12.5 Å². The first-order valence-corrected chi connectivity index (χ1v) is 7.88. The Balaban J connectivity index is 1.94. The monoisotopic (exact) mass is 333 g/mol. The van der Waals surface area contributed by atoms with Crippen molar-refractivity contribution < 1.29 is 14.3 Å². The molecule has 0 radical (unpaired) electrons. The number of hydrogen-bond donors (Lipinski definition) is 1. The second-order valence-electron chi connectivity index (χ2n) is 5.12. The highest BCUT2D eigenvalue weighted by atomic mass is 35.5. The van der Waals surface area contributed by atoms with E-state index in [1.807, 2.05) is 38.1 Å². The van der Waals surface area contributed by atoms with Crippen LogP contribution in [0.25, 0.3) is 0 Å². The van der Waals surface area contributed by atoms with Gasteiger partial charge in [-0.2, -0.15) is 0 Å². The van der Waals surface area contributed by atoms with E-state index in [2.05, 4.69) is 5.32 Å². The minimum atomic E-state index is -0.277. The molecule has 0 spiro atoms. The van der Waals surface area contributed by atoms with Crippen molar-refractivity contribution in [1.29, 1.82) is 0 Å². The highest BCUT2D eigenvalue weighted by Gasteiger charge is 2.09. The van der Waals surface area contributed by atoms with Gasteiger partial charge in [-0.15, -0.1) is 0 Å². The predicted octanol–water partition coefficient (Wildman–Crippen LogP) is 4.45. The van der Waals surface area contributed by atoms with Gasteiger partial charge in [0, 0.05) is 0 Å². The van der Waals surface area contributed by atoms with Gasteiger partial charge in [0.2, 0.25) is 0 Å². The lowest BCUT2D eigenvalue weighted by Gasteiger charge is -2.12. The summed E-state index contributed by atoms with van der Waals surface area (Å²) in [6, 6.07) is 12.7. The minimum Gasteiger partial charge on any atom is -0.490 e. The fourth-order valence-electron chi connectivity index (χ4n) is 1.95. The minimum absolute atomic E-state index is 0.114. The Morgan fingerprint density at radius 2 is 1.83 bits per heavy atom. The number of rotatable bonds is 7. The van der Waals surface area contributed by atoms with Crippen LogP contribution in [0.5, 0.6) is 11.5 Å². The predicted molar refractivity (Wildman–Crippen MR) is 92.5 cm³/mol. The fourth-order valence-corrected chi connectivity index (χ4v) is 2.23. The summed E-state index contributed by atoms with van der Waals surface area (Å²) in [7, 11) is 0. The molecular formula is C18H20ClNO3. The molecule has 0 aromatic heterocycles. The third-order valence-electron chi connectivity index (χ3n) is 3.07. The maximum absolute atomic E-state index is 12.0. The molecular weight excluding hydrogens is 314 g/mol. The lowest BCUT2D eigenvalue weighted by molar-refractivity contribution is -0.118. The van der Waals surface area contributed by atoms with E-state index in [0.29, 0.717) is 28.8 Å². The lowest BCUT2D eigenvalue weighted by Crippen LogP contribution is -2.20. The van der Waals surface area contributed by atoms with Crippen molar-refractivity contribution in [3.63, 3.8) is 0 Å². The number of benzene rings is 2. The van der Waals surface area contributed by atoms with Crippen LogP contribution in [-0.2, 0) is 4.79 Å². The van der Waals surface area contributed by atoms with Crippen molar-refractivity contribution in [2.75, 3.05) is 18.5 Å². The summed E-state index contributed by atoms with van der Waals surface area (Å²) >= 11 is 6.10. The van der Waals surface area contributed by atoms with Crippen molar-refractivity contribution in [3.05, 3.63) is 53.1 Å². The Bertz CT molecular complexity index is 673. The molecule has 0 saturated heterocycles. The van der Waals surface area contributed by atoms with Gasteiger partial charge in [0.25, 0.3) is 5.91 Å². The summed E-state index contributed by atoms with van der Waals surface area (Å²) in [6.07, 6.45) is 0.904. The highest BCUT2D eigenvalue weighted by Crippen LogP contribution is 2.27. The van der Waals surface area contributed by atoms with E-state index in [1.54, 1.807) is 18.2 Å². The number of amides is 1. The van der Waals surface area contributed by atoms with E-state index in [1.165, 1.54) is 0 Å². The van der Waals surface area contributed by atoms with Crippen molar-refractivity contribution >= 4 is 23.2 Å². The standard InChI is InChI=1S/C18H20ClNO3/c1-3-10-22-16-6-4-5-7-17(16)23-12-18(21)20-15-9-8-13(2)11-14(15)19/h4-9,11H,3,10,12H2,1-2H3,(H,20,21). The maximum atomic E-state index is 12.0. The molecule has 2 aromatic carbocycles.